The van der Waals surface area contributed by atoms with Crippen molar-refractivity contribution in [3.63, 3.8) is 0 Å². The van der Waals surface area contributed by atoms with Crippen LogP contribution in [-0.2, 0) is 4.79 Å². The first-order valence-electron chi connectivity index (χ1n) is 6.32. The van der Waals surface area contributed by atoms with Gasteiger partial charge in [-0.2, -0.15) is 0 Å². The fourth-order valence-electron chi connectivity index (χ4n) is 1.54. The minimum absolute atomic E-state index is 0.0291. The van der Waals surface area contributed by atoms with Gasteiger partial charge in [-0.05, 0) is 29.3 Å². The Morgan fingerprint density at radius 1 is 1.42 bits per heavy atom. The average molecular weight is 330 g/mol. The number of nitrogens with one attached hydrogen (secondary N) is 2. The molecule has 1 rings (SSSR count). The van der Waals surface area contributed by atoms with E-state index in [2.05, 4.69) is 43.5 Å². The minimum Gasteiger partial charge on any atom is -0.369 e. The SMILES string of the molecule is CCCNc1ncnc(N(C)CC(=O)NCC)c1Br. The normalized spacial score (nSPS) is 10.1. The van der Waals surface area contributed by atoms with Crippen molar-refractivity contribution in [1.82, 2.24) is 15.3 Å². The number of carbonyl (C=O) groups excluding carboxylic acids is 1. The van der Waals surface area contributed by atoms with Crippen LogP contribution in [0.25, 0.3) is 0 Å². The predicted octanol–water partition coefficient (Wildman–Crippen LogP) is 1.63. The minimum atomic E-state index is -0.0291. The van der Waals surface area contributed by atoms with Crippen molar-refractivity contribution in [3.8, 4) is 0 Å². The summed E-state index contributed by atoms with van der Waals surface area (Å²) in [6.07, 6.45) is 2.51. The van der Waals surface area contributed by atoms with E-state index in [4.69, 9.17) is 0 Å². The van der Waals surface area contributed by atoms with Gasteiger partial charge in [0.15, 0.2) is 0 Å². The molecule has 0 saturated carbocycles. The molecular weight excluding hydrogens is 310 g/mol. The van der Waals surface area contributed by atoms with Crippen LogP contribution in [0.15, 0.2) is 10.8 Å². The molecule has 1 aromatic heterocycles. The van der Waals surface area contributed by atoms with E-state index in [9.17, 15) is 4.79 Å². The van der Waals surface area contributed by atoms with Crippen LogP contribution in [-0.4, -0.2) is 42.6 Å². The van der Waals surface area contributed by atoms with Gasteiger partial charge in [0.2, 0.25) is 5.91 Å². The van der Waals surface area contributed by atoms with E-state index >= 15 is 0 Å². The van der Waals surface area contributed by atoms with Crippen LogP contribution >= 0.6 is 15.9 Å². The first-order valence-corrected chi connectivity index (χ1v) is 7.11. The van der Waals surface area contributed by atoms with Crippen molar-refractivity contribution in [2.75, 3.05) is 36.9 Å². The fourth-order valence-corrected chi connectivity index (χ4v) is 2.18. The molecule has 0 saturated heterocycles. The number of amides is 1. The van der Waals surface area contributed by atoms with Crippen LogP contribution in [0.4, 0.5) is 11.6 Å². The number of likely N-dealkylation sites (N-methyl/N-ethyl adjacent to an activating group) is 2. The topological polar surface area (TPSA) is 70.2 Å². The third-order valence-corrected chi connectivity index (χ3v) is 3.16. The van der Waals surface area contributed by atoms with E-state index < -0.39 is 0 Å². The molecule has 1 amide bonds. The first kappa shape index (κ1) is 15.7. The zero-order valence-electron chi connectivity index (χ0n) is 11.5. The van der Waals surface area contributed by atoms with Gasteiger partial charge in [0.05, 0.1) is 6.54 Å². The number of hydrogen-bond acceptors (Lipinski definition) is 5. The Bertz CT molecular complexity index is 427. The van der Waals surface area contributed by atoms with E-state index in [0.717, 1.165) is 23.3 Å². The summed E-state index contributed by atoms with van der Waals surface area (Å²) in [7, 11) is 1.83. The molecule has 19 heavy (non-hydrogen) atoms. The predicted molar refractivity (Wildman–Crippen MR) is 80.5 cm³/mol. The molecule has 7 heteroatoms. The highest BCUT2D eigenvalue weighted by Crippen LogP contribution is 2.28. The molecule has 0 fully saturated rings. The smallest absolute Gasteiger partial charge is 0.239 e. The van der Waals surface area contributed by atoms with Gasteiger partial charge in [-0.15, -0.1) is 0 Å². The lowest BCUT2D eigenvalue weighted by Gasteiger charge is -2.19. The van der Waals surface area contributed by atoms with Gasteiger partial charge < -0.3 is 15.5 Å². The lowest BCUT2D eigenvalue weighted by Crippen LogP contribution is -2.35. The first-order chi connectivity index (χ1) is 9.10. The standard InChI is InChI=1S/C12H20BrN5O/c1-4-6-15-11-10(13)12(17-8-16-11)18(3)7-9(19)14-5-2/h8H,4-7H2,1-3H3,(H,14,19)(H,15,16,17). The third-order valence-electron chi connectivity index (χ3n) is 2.43. The third kappa shape index (κ3) is 4.66. The van der Waals surface area contributed by atoms with Crippen LogP contribution < -0.4 is 15.5 Å². The van der Waals surface area contributed by atoms with Crippen molar-refractivity contribution in [3.05, 3.63) is 10.8 Å². The Hall–Kier alpha value is -1.37. The number of rotatable bonds is 7. The van der Waals surface area contributed by atoms with Gasteiger partial charge in [-0.1, -0.05) is 6.92 Å². The van der Waals surface area contributed by atoms with E-state index in [0.29, 0.717) is 12.4 Å². The molecule has 0 radical (unpaired) electrons. The van der Waals surface area contributed by atoms with Gasteiger partial charge in [0.25, 0.3) is 0 Å². The second-order valence-corrected chi connectivity index (χ2v) is 4.89. The molecule has 6 nitrogen and oxygen atoms in total. The summed E-state index contributed by atoms with van der Waals surface area (Å²) >= 11 is 3.48. The van der Waals surface area contributed by atoms with E-state index in [1.807, 2.05) is 14.0 Å². The Labute approximate surface area is 122 Å². The highest BCUT2D eigenvalue weighted by atomic mass is 79.9. The van der Waals surface area contributed by atoms with Crippen molar-refractivity contribution >= 4 is 33.5 Å². The summed E-state index contributed by atoms with van der Waals surface area (Å²) < 4.78 is 0.773. The summed E-state index contributed by atoms with van der Waals surface area (Å²) in [4.78, 5) is 21.7. The molecule has 0 aliphatic rings. The van der Waals surface area contributed by atoms with Crippen molar-refractivity contribution in [2.45, 2.75) is 20.3 Å². The number of anilines is 2. The fraction of sp³-hybridized carbons (Fsp3) is 0.583. The van der Waals surface area contributed by atoms with Crippen LogP contribution in [0.2, 0.25) is 0 Å². The van der Waals surface area contributed by atoms with Gasteiger partial charge in [0.1, 0.15) is 22.4 Å². The van der Waals surface area contributed by atoms with E-state index in [-0.39, 0.29) is 12.5 Å². The molecular formula is C12H20BrN5O. The summed E-state index contributed by atoms with van der Waals surface area (Å²) in [6, 6.07) is 0. The lowest BCUT2D eigenvalue weighted by atomic mass is 10.4. The number of carbonyl (C=O) groups is 1. The monoisotopic (exact) mass is 329 g/mol. The van der Waals surface area contributed by atoms with Crippen molar-refractivity contribution < 1.29 is 4.79 Å². The molecule has 0 aliphatic carbocycles. The number of nitrogens with zero attached hydrogens (tertiary/aromatic N) is 3. The Morgan fingerprint density at radius 3 is 2.79 bits per heavy atom. The number of halogens is 1. The zero-order valence-corrected chi connectivity index (χ0v) is 13.1. The largest absolute Gasteiger partial charge is 0.369 e. The second-order valence-electron chi connectivity index (χ2n) is 4.10. The second kappa shape index (κ2) is 7.93. The quantitative estimate of drug-likeness (QED) is 0.795. The Kier molecular flexibility index (Phi) is 6.55. The maximum Gasteiger partial charge on any atom is 0.239 e. The highest BCUT2D eigenvalue weighted by molar-refractivity contribution is 9.10. The zero-order chi connectivity index (χ0) is 14.3. The molecule has 2 N–H and O–H groups in total. The van der Waals surface area contributed by atoms with Crippen molar-refractivity contribution in [1.29, 1.82) is 0 Å². The molecule has 106 valence electrons. The highest BCUT2D eigenvalue weighted by Gasteiger charge is 2.14. The average Bonchev–Trinajstić information content (AvgIpc) is 2.37. The summed E-state index contributed by atoms with van der Waals surface area (Å²) in [5.74, 6) is 1.41. The molecule has 1 aromatic rings. The maximum absolute atomic E-state index is 11.6. The number of aromatic nitrogens is 2. The molecule has 0 bridgehead atoms. The lowest BCUT2D eigenvalue weighted by molar-refractivity contribution is -0.119. The van der Waals surface area contributed by atoms with Crippen molar-refractivity contribution in [2.24, 2.45) is 0 Å². The number of hydrogen-bond donors (Lipinski definition) is 2. The van der Waals surface area contributed by atoms with Crippen LogP contribution in [0.5, 0.6) is 0 Å². The molecule has 0 aromatic carbocycles. The summed E-state index contributed by atoms with van der Waals surface area (Å²) in [6.45, 7) is 5.71. The van der Waals surface area contributed by atoms with Gasteiger partial charge in [0, 0.05) is 20.1 Å². The van der Waals surface area contributed by atoms with Crippen LogP contribution in [0.3, 0.4) is 0 Å². The Balaban J connectivity index is 2.79. The van der Waals surface area contributed by atoms with Crippen LogP contribution in [0, 0.1) is 0 Å². The Morgan fingerprint density at radius 2 is 2.16 bits per heavy atom. The molecule has 0 atom stereocenters. The summed E-state index contributed by atoms with van der Waals surface area (Å²) in [5.41, 5.74) is 0. The van der Waals surface area contributed by atoms with Gasteiger partial charge >= 0.3 is 0 Å². The van der Waals surface area contributed by atoms with E-state index in [1.165, 1.54) is 6.33 Å². The maximum atomic E-state index is 11.6. The molecule has 0 aliphatic heterocycles. The molecule has 0 unspecified atom stereocenters. The summed E-state index contributed by atoms with van der Waals surface area (Å²) in [5, 5.41) is 5.97. The van der Waals surface area contributed by atoms with Gasteiger partial charge in [-0.25, -0.2) is 9.97 Å². The molecule has 1 heterocycles. The molecule has 0 spiro atoms. The van der Waals surface area contributed by atoms with Gasteiger partial charge in [-0.3, -0.25) is 4.79 Å². The van der Waals surface area contributed by atoms with Crippen LogP contribution in [0.1, 0.15) is 20.3 Å². The van der Waals surface area contributed by atoms with E-state index in [1.54, 1.807) is 4.90 Å².